The highest BCUT2D eigenvalue weighted by Crippen LogP contribution is 2.06. The van der Waals surface area contributed by atoms with E-state index in [1.807, 2.05) is 6.92 Å². The van der Waals surface area contributed by atoms with Crippen LogP contribution < -0.4 is 5.56 Å². The molecular weight excluding hydrogens is 154 g/mol. The molecule has 1 heterocycles. The van der Waals surface area contributed by atoms with Crippen LogP contribution in [0.15, 0.2) is 9.32 Å². The van der Waals surface area contributed by atoms with E-state index < -0.39 is 0 Å². The van der Waals surface area contributed by atoms with Crippen molar-refractivity contribution in [3.8, 4) is 0 Å². The second-order valence-corrected chi connectivity index (χ2v) is 3.03. The number of nitrogens with zero attached hydrogens (tertiary/aromatic N) is 1. The van der Waals surface area contributed by atoms with E-state index >= 15 is 0 Å². The molecule has 0 unspecified atom stereocenters. The molecule has 0 aromatic carbocycles. The Balaban J connectivity index is 2.90. The Morgan fingerprint density at radius 2 is 2.17 bits per heavy atom. The average Bonchev–Trinajstić information content (AvgIpc) is 2.25. The summed E-state index contributed by atoms with van der Waals surface area (Å²) in [6.07, 6.45) is 2.99. The molecule has 0 aliphatic carbocycles. The Morgan fingerprint density at radius 1 is 1.50 bits per heavy atom. The molecule has 0 N–H and O–H groups in total. The molecule has 0 saturated carbocycles. The SMILES string of the molecule is CCCCc1c(C)on(C)c1=O. The van der Waals surface area contributed by atoms with Gasteiger partial charge < -0.3 is 4.52 Å². The van der Waals surface area contributed by atoms with Gasteiger partial charge in [0.05, 0.1) is 5.56 Å². The van der Waals surface area contributed by atoms with E-state index in [-0.39, 0.29) is 5.56 Å². The van der Waals surface area contributed by atoms with Gasteiger partial charge in [0, 0.05) is 7.05 Å². The minimum Gasteiger partial charge on any atom is -0.381 e. The van der Waals surface area contributed by atoms with Crippen LogP contribution in [0, 0.1) is 6.92 Å². The van der Waals surface area contributed by atoms with Crippen molar-refractivity contribution >= 4 is 0 Å². The van der Waals surface area contributed by atoms with Crippen LogP contribution >= 0.6 is 0 Å². The smallest absolute Gasteiger partial charge is 0.285 e. The topological polar surface area (TPSA) is 35.1 Å². The molecule has 0 atom stereocenters. The molecule has 3 heteroatoms. The summed E-state index contributed by atoms with van der Waals surface area (Å²) in [4.78, 5) is 11.4. The van der Waals surface area contributed by atoms with Gasteiger partial charge in [-0.05, 0) is 19.8 Å². The van der Waals surface area contributed by atoms with Gasteiger partial charge in [-0.3, -0.25) is 4.79 Å². The summed E-state index contributed by atoms with van der Waals surface area (Å²) in [6, 6.07) is 0. The van der Waals surface area contributed by atoms with Gasteiger partial charge in [0.2, 0.25) is 0 Å². The highest BCUT2D eigenvalue weighted by molar-refractivity contribution is 5.12. The second-order valence-electron chi connectivity index (χ2n) is 3.03. The van der Waals surface area contributed by atoms with Crippen molar-refractivity contribution in [2.24, 2.45) is 7.05 Å². The van der Waals surface area contributed by atoms with Crippen LogP contribution in [0.25, 0.3) is 0 Å². The van der Waals surface area contributed by atoms with Crippen molar-refractivity contribution < 1.29 is 4.52 Å². The number of aromatic nitrogens is 1. The number of aryl methyl sites for hydroxylation is 2. The zero-order chi connectivity index (χ0) is 9.14. The quantitative estimate of drug-likeness (QED) is 0.689. The lowest BCUT2D eigenvalue weighted by Gasteiger charge is -1.91. The number of rotatable bonds is 3. The van der Waals surface area contributed by atoms with Crippen LogP contribution in [0.4, 0.5) is 0 Å². The predicted molar refractivity (Wildman–Crippen MR) is 47.3 cm³/mol. The monoisotopic (exact) mass is 169 g/mol. The summed E-state index contributed by atoms with van der Waals surface area (Å²) >= 11 is 0. The standard InChI is InChI=1S/C9H15NO2/c1-4-5-6-8-7(2)12-10(3)9(8)11/h4-6H2,1-3H3. The zero-order valence-electron chi connectivity index (χ0n) is 7.89. The first-order chi connectivity index (χ1) is 5.66. The second kappa shape index (κ2) is 3.61. The highest BCUT2D eigenvalue weighted by Gasteiger charge is 2.09. The summed E-state index contributed by atoms with van der Waals surface area (Å²) in [5.74, 6) is 0.760. The molecule has 1 aromatic rings. The fourth-order valence-corrected chi connectivity index (χ4v) is 1.28. The van der Waals surface area contributed by atoms with Gasteiger partial charge in [-0.25, -0.2) is 0 Å². The van der Waals surface area contributed by atoms with Crippen molar-refractivity contribution in [3.63, 3.8) is 0 Å². The van der Waals surface area contributed by atoms with Crippen LogP contribution in [0.2, 0.25) is 0 Å². The van der Waals surface area contributed by atoms with Gasteiger partial charge >= 0.3 is 0 Å². The zero-order valence-corrected chi connectivity index (χ0v) is 7.89. The van der Waals surface area contributed by atoms with Crippen molar-refractivity contribution in [1.29, 1.82) is 0 Å². The Bertz CT molecular complexity index is 309. The van der Waals surface area contributed by atoms with Crippen LogP contribution in [0.1, 0.15) is 31.1 Å². The van der Waals surface area contributed by atoms with E-state index in [0.29, 0.717) is 0 Å². The Morgan fingerprint density at radius 3 is 2.58 bits per heavy atom. The summed E-state index contributed by atoms with van der Waals surface area (Å²) in [6.45, 7) is 3.95. The van der Waals surface area contributed by atoms with Gasteiger partial charge in [-0.15, -0.1) is 0 Å². The Hall–Kier alpha value is -0.990. The Kier molecular flexibility index (Phi) is 2.74. The van der Waals surface area contributed by atoms with Gasteiger partial charge in [-0.1, -0.05) is 13.3 Å². The first kappa shape index (κ1) is 9.10. The molecule has 0 aliphatic rings. The maximum absolute atomic E-state index is 11.4. The van der Waals surface area contributed by atoms with Crippen LogP contribution in [0.3, 0.4) is 0 Å². The van der Waals surface area contributed by atoms with Crippen molar-refractivity contribution in [1.82, 2.24) is 4.74 Å². The molecule has 68 valence electrons. The lowest BCUT2D eigenvalue weighted by Crippen LogP contribution is -2.13. The van der Waals surface area contributed by atoms with E-state index in [1.165, 1.54) is 4.74 Å². The molecule has 0 radical (unpaired) electrons. The number of unbranched alkanes of at least 4 members (excludes halogenated alkanes) is 1. The third-order valence-electron chi connectivity index (χ3n) is 2.02. The molecule has 0 saturated heterocycles. The maximum atomic E-state index is 11.4. The maximum Gasteiger partial charge on any atom is 0.285 e. The van der Waals surface area contributed by atoms with Crippen molar-refractivity contribution in [2.75, 3.05) is 0 Å². The summed E-state index contributed by atoms with van der Waals surface area (Å²) in [7, 11) is 1.64. The third-order valence-corrected chi connectivity index (χ3v) is 2.02. The lowest BCUT2D eigenvalue weighted by molar-refractivity contribution is 0.283. The van der Waals surface area contributed by atoms with Crippen LogP contribution in [-0.2, 0) is 13.5 Å². The van der Waals surface area contributed by atoms with E-state index in [2.05, 4.69) is 6.92 Å². The molecular formula is C9H15NO2. The number of hydrogen-bond acceptors (Lipinski definition) is 2. The molecule has 0 spiro atoms. The molecule has 0 fully saturated rings. The summed E-state index contributed by atoms with van der Waals surface area (Å²) in [5, 5.41) is 0. The van der Waals surface area contributed by atoms with Crippen LogP contribution in [-0.4, -0.2) is 4.74 Å². The minimum absolute atomic E-state index is 0.0148. The molecule has 0 bridgehead atoms. The van der Waals surface area contributed by atoms with Crippen LogP contribution in [0.5, 0.6) is 0 Å². The lowest BCUT2D eigenvalue weighted by atomic mass is 10.1. The Labute approximate surface area is 72.0 Å². The fraction of sp³-hybridized carbons (Fsp3) is 0.667. The molecule has 3 nitrogen and oxygen atoms in total. The highest BCUT2D eigenvalue weighted by atomic mass is 16.5. The normalized spacial score (nSPS) is 10.6. The number of hydrogen-bond donors (Lipinski definition) is 0. The largest absolute Gasteiger partial charge is 0.381 e. The van der Waals surface area contributed by atoms with E-state index in [9.17, 15) is 4.79 Å². The van der Waals surface area contributed by atoms with Crippen molar-refractivity contribution in [2.45, 2.75) is 33.1 Å². The minimum atomic E-state index is 0.0148. The van der Waals surface area contributed by atoms with E-state index in [0.717, 1.165) is 30.6 Å². The van der Waals surface area contributed by atoms with E-state index in [1.54, 1.807) is 7.05 Å². The first-order valence-corrected chi connectivity index (χ1v) is 4.32. The van der Waals surface area contributed by atoms with Gasteiger partial charge in [0.15, 0.2) is 0 Å². The molecule has 1 rings (SSSR count). The molecule has 0 amide bonds. The van der Waals surface area contributed by atoms with Gasteiger partial charge in [0.1, 0.15) is 5.76 Å². The molecule has 1 aromatic heterocycles. The average molecular weight is 169 g/mol. The van der Waals surface area contributed by atoms with Gasteiger partial charge in [-0.2, -0.15) is 4.74 Å². The van der Waals surface area contributed by atoms with Gasteiger partial charge in [0.25, 0.3) is 5.56 Å². The summed E-state index contributed by atoms with van der Waals surface area (Å²) in [5.41, 5.74) is 0.848. The summed E-state index contributed by atoms with van der Waals surface area (Å²) < 4.78 is 6.44. The third kappa shape index (κ3) is 1.60. The molecule has 0 aliphatic heterocycles. The fourth-order valence-electron chi connectivity index (χ4n) is 1.28. The van der Waals surface area contributed by atoms with E-state index in [4.69, 9.17) is 4.52 Å². The predicted octanol–water partition coefficient (Wildman–Crippen LogP) is 1.63. The molecule has 12 heavy (non-hydrogen) atoms. The first-order valence-electron chi connectivity index (χ1n) is 4.32. The van der Waals surface area contributed by atoms with Crippen molar-refractivity contribution in [3.05, 3.63) is 21.7 Å².